The lowest BCUT2D eigenvalue weighted by Crippen LogP contribution is -2.34. The van der Waals surface area contributed by atoms with Gasteiger partial charge in [-0.1, -0.05) is 77.0 Å². The van der Waals surface area contributed by atoms with Gasteiger partial charge < -0.3 is 18.8 Å². The van der Waals surface area contributed by atoms with E-state index in [1.165, 1.54) is 24.3 Å². The summed E-state index contributed by atoms with van der Waals surface area (Å²) >= 11 is 0. The first-order chi connectivity index (χ1) is 32.5. The summed E-state index contributed by atoms with van der Waals surface area (Å²) in [4.78, 5) is 31.2. The van der Waals surface area contributed by atoms with Gasteiger partial charge in [-0.05, 0) is 29.3 Å². The highest BCUT2D eigenvalue weighted by Gasteiger charge is 2.24. The van der Waals surface area contributed by atoms with Gasteiger partial charge in [0.05, 0.1) is 19.1 Å². The number of carbonyl (C=O) groups is 2. The molecule has 1 N–H and O–H groups in total. The van der Waals surface area contributed by atoms with E-state index in [1.54, 1.807) is 67.7 Å². The minimum atomic E-state index is -3.75. The Labute approximate surface area is 389 Å². The van der Waals surface area contributed by atoms with Crippen molar-refractivity contribution in [3.8, 4) is 34.2 Å². The van der Waals surface area contributed by atoms with E-state index in [0.29, 0.717) is 45.7 Å². The fourth-order valence-corrected chi connectivity index (χ4v) is 7.68. The third-order valence-corrected chi connectivity index (χ3v) is 12.1. The molecule has 0 fully saturated rings. The molecule has 26 heteroatoms. The molecule has 0 bridgehead atoms. The number of aromatic nitrogens is 6. The van der Waals surface area contributed by atoms with Crippen molar-refractivity contribution in [2.45, 2.75) is 52.9 Å². The first-order valence-electron chi connectivity index (χ1n) is 20.0. The minimum absolute atomic E-state index is 0.00230. The molecule has 0 aliphatic rings. The fourth-order valence-electron chi connectivity index (χ4n) is 6.16. The highest BCUT2D eigenvalue weighted by molar-refractivity contribution is 7.88. The molecular formula is C43H39F6N9O9S2. The number of carbonyl (C=O) groups excluding carboxylic acids is 2. The topological polar surface area (TPSA) is 238 Å². The number of nitrogens with one attached hydrogen (secondary N) is 1. The number of aryl methyl sites for hydroxylation is 2. The molecule has 18 nitrogen and oxygen atoms in total. The number of alkyl halides is 4. The smallest absolute Gasteiger partial charge is 0.315 e. The largest absolute Gasteiger partial charge is 0.415 e. The summed E-state index contributed by atoms with van der Waals surface area (Å²) in [6, 6.07) is 20.8. The Morgan fingerprint density at radius 1 is 0.638 bits per heavy atom. The summed E-state index contributed by atoms with van der Waals surface area (Å²) in [5.41, 5.74) is 2.69. The number of nitrogens with zero attached hydrogens (tertiary/aromatic N) is 8. The van der Waals surface area contributed by atoms with Gasteiger partial charge in [-0.25, -0.2) is 25.6 Å². The second-order valence-corrected chi connectivity index (χ2v) is 19.0. The van der Waals surface area contributed by atoms with Crippen LogP contribution in [0.15, 0.2) is 98.4 Å². The maximum Gasteiger partial charge on any atom is 0.315 e. The Bertz CT molecular complexity index is 3150. The van der Waals surface area contributed by atoms with E-state index in [0.717, 1.165) is 33.3 Å². The Hall–Kier alpha value is -7.16. The first-order valence-corrected chi connectivity index (χ1v) is 23.7. The lowest BCUT2D eigenvalue weighted by molar-refractivity contribution is -0.131. The van der Waals surface area contributed by atoms with Crippen molar-refractivity contribution in [1.29, 1.82) is 0 Å². The lowest BCUT2D eigenvalue weighted by Gasteiger charge is -2.21. The zero-order valence-electron chi connectivity index (χ0n) is 36.6. The van der Waals surface area contributed by atoms with Gasteiger partial charge in [-0.15, -0.1) is 10.2 Å². The number of hydrogen-bond acceptors (Lipinski definition) is 15. The molecule has 0 saturated carbocycles. The highest BCUT2D eigenvalue weighted by Crippen LogP contribution is 2.27. The number of amides is 1. The molecule has 0 saturated heterocycles. The lowest BCUT2D eigenvalue weighted by atomic mass is 10.1. The van der Waals surface area contributed by atoms with Crippen molar-refractivity contribution in [3.63, 3.8) is 0 Å². The molecule has 364 valence electrons. The predicted octanol–water partition coefficient (Wildman–Crippen LogP) is 6.84. The summed E-state index contributed by atoms with van der Waals surface area (Å²) in [7, 11) is -7.45. The van der Waals surface area contributed by atoms with E-state index in [1.807, 2.05) is 0 Å². The number of sulfonamides is 2. The van der Waals surface area contributed by atoms with Crippen LogP contribution in [0.4, 0.5) is 26.3 Å². The molecule has 4 aromatic carbocycles. The molecule has 1 amide bonds. The van der Waals surface area contributed by atoms with Crippen LogP contribution >= 0.6 is 0 Å². The summed E-state index contributed by atoms with van der Waals surface area (Å²) in [5, 5.41) is 16.1. The van der Waals surface area contributed by atoms with Gasteiger partial charge >= 0.3 is 12.9 Å². The summed E-state index contributed by atoms with van der Waals surface area (Å²) < 4.78 is 145. The van der Waals surface area contributed by atoms with Crippen molar-refractivity contribution in [2.24, 2.45) is 0 Å². The normalized spacial score (nSPS) is 11.9. The Balaban J connectivity index is 0.000000227. The van der Waals surface area contributed by atoms with Gasteiger partial charge in [-0.3, -0.25) is 9.59 Å². The Kier molecular flexibility index (Phi) is 16.2. The van der Waals surface area contributed by atoms with Crippen molar-refractivity contribution >= 4 is 31.7 Å². The number of rotatable bonds is 18. The van der Waals surface area contributed by atoms with Crippen LogP contribution in [0.1, 0.15) is 56.7 Å². The predicted molar refractivity (Wildman–Crippen MR) is 232 cm³/mol. The van der Waals surface area contributed by atoms with Crippen LogP contribution in [0.25, 0.3) is 34.2 Å². The van der Waals surface area contributed by atoms with E-state index in [2.05, 4.69) is 30.5 Å². The average molecular weight is 1000 g/mol. The number of Topliss-reactive ketones (excluding diaryl/α,β-unsaturated/α-hetero) is 1. The molecule has 3 aromatic heterocycles. The Morgan fingerprint density at radius 2 is 1.10 bits per heavy atom. The molecule has 0 atom stereocenters. The molecule has 7 aromatic rings. The van der Waals surface area contributed by atoms with Crippen LogP contribution in [0, 0.1) is 25.5 Å². The van der Waals surface area contributed by atoms with Crippen LogP contribution in [-0.4, -0.2) is 93.1 Å². The van der Waals surface area contributed by atoms with Gasteiger partial charge in [0, 0.05) is 73.4 Å². The van der Waals surface area contributed by atoms with E-state index >= 15 is 0 Å². The van der Waals surface area contributed by atoms with Gasteiger partial charge in [-0.2, -0.15) is 36.1 Å². The van der Waals surface area contributed by atoms with E-state index in [4.69, 9.17) is 13.5 Å². The van der Waals surface area contributed by atoms with Crippen LogP contribution in [0.5, 0.6) is 0 Å². The van der Waals surface area contributed by atoms with E-state index in [9.17, 15) is 52.8 Å². The summed E-state index contributed by atoms with van der Waals surface area (Å²) in [6.07, 6.45) is -4.20. The van der Waals surface area contributed by atoms with E-state index < -0.39 is 68.7 Å². The summed E-state index contributed by atoms with van der Waals surface area (Å²) in [6.45, 7) is 1.98. The van der Waals surface area contributed by atoms with Crippen molar-refractivity contribution in [1.82, 2.24) is 44.4 Å². The number of ketones is 1. The van der Waals surface area contributed by atoms with Gasteiger partial charge in [0.25, 0.3) is 11.8 Å². The molecule has 0 spiro atoms. The molecule has 0 unspecified atom stereocenters. The van der Waals surface area contributed by atoms with Crippen LogP contribution in [0.3, 0.4) is 0 Å². The molecule has 7 rings (SSSR count). The quantitative estimate of drug-likeness (QED) is 0.0684. The van der Waals surface area contributed by atoms with Gasteiger partial charge in [0.15, 0.2) is 5.78 Å². The Morgan fingerprint density at radius 3 is 1.49 bits per heavy atom. The monoisotopic (exact) mass is 1000 g/mol. The number of hydrogen-bond donors (Lipinski definition) is 1. The van der Waals surface area contributed by atoms with Crippen LogP contribution in [0.2, 0.25) is 0 Å². The maximum atomic E-state index is 14.7. The molecule has 0 aliphatic carbocycles. The van der Waals surface area contributed by atoms with Crippen LogP contribution in [-0.2, 0) is 51.0 Å². The van der Waals surface area contributed by atoms with Crippen molar-refractivity contribution in [3.05, 3.63) is 142 Å². The third kappa shape index (κ3) is 14.0. The van der Waals surface area contributed by atoms with Crippen molar-refractivity contribution < 1.29 is 66.2 Å². The molecule has 0 radical (unpaired) electrons. The number of halogens is 6. The zero-order chi connectivity index (χ0) is 50.2. The van der Waals surface area contributed by atoms with Crippen molar-refractivity contribution in [2.75, 3.05) is 19.1 Å². The van der Waals surface area contributed by atoms with Gasteiger partial charge in [0.1, 0.15) is 11.6 Å². The molecule has 0 aliphatic heterocycles. The molecular weight excluding hydrogens is 965 g/mol. The van der Waals surface area contributed by atoms with E-state index in [-0.39, 0.29) is 54.3 Å². The zero-order valence-corrected chi connectivity index (χ0v) is 38.2. The molecule has 3 heterocycles. The summed E-state index contributed by atoms with van der Waals surface area (Å²) in [5.74, 6) is -3.50. The average Bonchev–Trinajstić information content (AvgIpc) is 4.08. The van der Waals surface area contributed by atoms with Gasteiger partial charge in [0.2, 0.25) is 49.4 Å². The SMILES string of the molecule is Cc1nc(-c2ccc(CN(Cc3ccc(-c4nnc(C(F)F)o4)cc3F)S(C)(=O)=O)cc2)no1.Cc1nc(-c2ccc(CN(Cc3ccc(C(=O)CNC(=O)C(F)F)cc3F)S(C)(=O)=O)cc2)no1. The van der Waals surface area contributed by atoms with Crippen LogP contribution < -0.4 is 5.32 Å². The second-order valence-electron chi connectivity index (χ2n) is 15.0. The standard InChI is InChI=1S/C22H21F3N4O5S.C21H18F3N5O4S/c1-13-27-21(28-34-13)15-5-3-14(4-6-15)11-29(35(2,32)33)12-17-8-7-16(9-18(17)23)19(30)10-26-22(31)20(24)25;1-12-25-19(28-33-12)14-5-3-13(4-6-14)10-29(34(2,30)31)11-16-8-7-15(9-17(16)22)20-26-27-21(32-20)18(23)24/h3-9,20H,10-12H2,1-2H3,(H,26,31);3-9,18H,10-11H2,1-2H3. The molecule has 69 heavy (non-hydrogen) atoms. The highest BCUT2D eigenvalue weighted by atomic mass is 32.2. The maximum absolute atomic E-state index is 14.7. The second kappa shape index (κ2) is 21.9. The first kappa shape index (κ1) is 51.2. The third-order valence-electron chi connectivity index (χ3n) is 9.75. The fraction of sp³-hybridized carbons (Fsp3) is 0.256. The number of benzene rings is 4. The minimum Gasteiger partial charge on any atom is -0.415 e.